The highest BCUT2D eigenvalue weighted by Crippen LogP contribution is 2.50. The van der Waals surface area contributed by atoms with Crippen molar-refractivity contribution in [3.63, 3.8) is 0 Å². The lowest BCUT2D eigenvalue weighted by Crippen LogP contribution is -2.62. The number of esters is 4. The summed E-state index contributed by atoms with van der Waals surface area (Å²) in [6.07, 6.45) is 9.50. The van der Waals surface area contributed by atoms with Crippen LogP contribution in [0.1, 0.15) is 126 Å². The number of carbonyl (C=O) groups is 4. The van der Waals surface area contributed by atoms with Gasteiger partial charge in [0.15, 0.2) is 11.9 Å². The first kappa shape index (κ1) is 49.0. The molecule has 6 bridgehead atoms. The van der Waals surface area contributed by atoms with Gasteiger partial charge in [0.2, 0.25) is 5.79 Å². The van der Waals surface area contributed by atoms with Crippen LogP contribution in [0, 0.1) is 10.8 Å². The lowest BCUT2D eigenvalue weighted by Gasteiger charge is -2.53. The Balaban J connectivity index is 1.82. The molecular weight excluding hydrogens is 776 g/mol. The summed E-state index contributed by atoms with van der Waals surface area (Å²) in [6.45, 7) is 13.7. The highest BCUT2D eigenvalue weighted by Gasteiger charge is 2.59. The number of unbranched alkanes of at least 4 members (excludes halogenated alkanes) is 1. The third-order valence-electron chi connectivity index (χ3n) is 12.2. The van der Waals surface area contributed by atoms with Crippen molar-refractivity contribution in [2.75, 3.05) is 7.11 Å². The SMILES string of the molecule is C/C=C1/C[C@H]2C[C@@]3(O)O[C@H](CCCC(=O)O[C@@H]([C@@H](C)O)C[C@@H]4C/C(=C\C(=O)OC)[C@H](OC(=O)/C=C/C=C/CCC)[C@@](O)(O4)C(C)(C)/C=C/[C@@H](C1)O2)C[C@H](OC(C)=O)C3(C)C. The monoisotopic (exact) mass is 844 g/mol. The van der Waals surface area contributed by atoms with Gasteiger partial charge in [-0.25, -0.2) is 9.59 Å². The molecule has 10 atom stereocenters. The molecule has 14 heteroatoms. The fourth-order valence-electron chi connectivity index (χ4n) is 8.40. The van der Waals surface area contributed by atoms with Crippen LogP contribution < -0.4 is 0 Å². The summed E-state index contributed by atoms with van der Waals surface area (Å²) >= 11 is 0. The maximum absolute atomic E-state index is 13.4. The first-order valence-electron chi connectivity index (χ1n) is 21.3. The van der Waals surface area contributed by atoms with Gasteiger partial charge < -0.3 is 48.5 Å². The summed E-state index contributed by atoms with van der Waals surface area (Å²) in [4.78, 5) is 51.8. The number of ether oxygens (including phenoxy) is 7. The summed E-state index contributed by atoms with van der Waals surface area (Å²) in [5, 5.41) is 36.2. The minimum absolute atomic E-state index is 0.0348. The molecule has 0 amide bonds. The maximum atomic E-state index is 13.4. The lowest BCUT2D eigenvalue weighted by atomic mass is 9.70. The molecule has 60 heavy (non-hydrogen) atoms. The van der Waals surface area contributed by atoms with Gasteiger partial charge in [-0.1, -0.05) is 83.1 Å². The van der Waals surface area contributed by atoms with Crippen molar-refractivity contribution in [2.45, 2.75) is 186 Å². The Labute approximate surface area is 355 Å². The van der Waals surface area contributed by atoms with Gasteiger partial charge in [-0.05, 0) is 57.9 Å². The van der Waals surface area contributed by atoms with Crippen LogP contribution in [0.3, 0.4) is 0 Å². The van der Waals surface area contributed by atoms with Gasteiger partial charge in [0.05, 0.1) is 43.0 Å². The number of rotatable bonds is 8. The first-order valence-corrected chi connectivity index (χ1v) is 21.3. The number of carbonyl (C=O) groups excluding carboxylic acids is 4. The van der Waals surface area contributed by atoms with Gasteiger partial charge in [-0.3, -0.25) is 9.59 Å². The van der Waals surface area contributed by atoms with E-state index in [4.69, 9.17) is 33.2 Å². The Kier molecular flexibility index (Phi) is 17.1. The number of hydrogen-bond donors (Lipinski definition) is 3. The van der Waals surface area contributed by atoms with E-state index in [1.54, 1.807) is 45.9 Å². The van der Waals surface area contributed by atoms with Crippen molar-refractivity contribution >= 4 is 23.9 Å². The van der Waals surface area contributed by atoms with Gasteiger partial charge in [-0.15, -0.1) is 0 Å². The van der Waals surface area contributed by atoms with Crippen LogP contribution in [0.15, 0.2) is 59.8 Å². The molecule has 0 spiro atoms. The van der Waals surface area contributed by atoms with Crippen molar-refractivity contribution in [1.29, 1.82) is 0 Å². The standard InChI is InChI=1S/C46H68O14/c1-10-12-13-14-15-18-40(50)58-42-32(25-41(51)54-9)24-35-26-37(29(3)47)57-39(49)19-16-17-34-27-38(55-30(4)48)44(7,8)45(52,59-34)28-36-23-31(11-2)22-33(56-36)20-21-43(5,6)46(42,53)60-35/h11,13-15,18,20-21,25,29,33-38,42,47,52-53H,10,12,16-17,19,22-24,26-28H2,1-9H3/b14-13+,18-15+,21-20+,31-11+,32-25+/t29-,33+,34-,35+,36+,37-,38+,42+,45-,46-/m1/s1. The Morgan fingerprint density at radius 3 is 2.37 bits per heavy atom. The van der Waals surface area contributed by atoms with Crippen LogP contribution in [-0.4, -0.2) is 107 Å². The fourth-order valence-corrected chi connectivity index (χ4v) is 8.40. The molecule has 4 aliphatic rings. The van der Waals surface area contributed by atoms with Crippen molar-refractivity contribution in [3.8, 4) is 0 Å². The maximum Gasteiger partial charge on any atom is 0.331 e. The predicted molar refractivity (Wildman–Crippen MR) is 221 cm³/mol. The average Bonchev–Trinajstić information content (AvgIpc) is 3.16. The first-order chi connectivity index (χ1) is 28.2. The van der Waals surface area contributed by atoms with Crippen LogP contribution in [-0.2, 0) is 52.3 Å². The second-order valence-electron chi connectivity index (χ2n) is 17.7. The van der Waals surface area contributed by atoms with E-state index in [1.807, 2.05) is 26.0 Å². The van der Waals surface area contributed by atoms with Crippen molar-refractivity contribution < 1.29 is 67.7 Å². The number of cyclic esters (lactones) is 1. The Bertz CT molecular complexity index is 1670. The molecule has 0 aromatic rings. The zero-order chi connectivity index (χ0) is 44.5. The van der Waals surface area contributed by atoms with E-state index in [0.717, 1.165) is 24.5 Å². The van der Waals surface area contributed by atoms with E-state index in [9.17, 15) is 34.5 Å². The number of fused-ring (bicyclic) bond motifs is 6. The second-order valence-corrected chi connectivity index (χ2v) is 17.7. The number of methoxy groups -OCH3 is 1. The molecule has 14 nitrogen and oxygen atoms in total. The van der Waals surface area contributed by atoms with Crippen LogP contribution in [0.25, 0.3) is 0 Å². The van der Waals surface area contributed by atoms with E-state index in [1.165, 1.54) is 33.1 Å². The zero-order valence-electron chi connectivity index (χ0n) is 36.8. The molecule has 0 aromatic heterocycles. The molecule has 4 aliphatic heterocycles. The lowest BCUT2D eigenvalue weighted by molar-refractivity contribution is -0.347. The third-order valence-corrected chi connectivity index (χ3v) is 12.2. The molecule has 0 aromatic carbocycles. The molecule has 0 radical (unpaired) electrons. The third kappa shape index (κ3) is 12.3. The largest absolute Gasteiger partial charge is 0.466 e. The van der Waals surface area contributed by atoms with Crippen LogP contribution in [0.2, 0.25) is 0 Å². The van der Waals surface area contributed by atoms with E-state index in [0.29, 0.717) is 32.1 Å². The van der Waals surface area contributed by atoms with Crippen LogP contribution >= 0.6 is 0 Å². The van der Waals surface area contributed by atoms with Gasteiger partial charge in [-0.2, -0.15) is 0 Å². The van der Waals surface area contributed by atoms with Gasteiger partial charge >= 0.3 is 23.9 Å². The average molecular weight is 845 g/mol. The molecule has 4 rings (SSSR count). The molecular formula is C46H68O14. The van der Waals surface area contributed by atoms with Crippen molar-refractivity contribution in [2.24, 2.45) is 10.8 Å². The molecule has 336 valence electrons. The Morgan fingerprint density at radius 2 is 1.72 bits per heavy atom. The number of aliphatic hydroxyl groups is 3. The summed E-state index contributed by atoms with van der Waals surface area (Å²) in [5.74, 6) is -6.78. The molecule has 0 unspecified atom stereocenters. The van der Waals surface area contributed by atoms with E-state index >= 15 is 0 Å². The van der Waals surface area contributed by atoms with Gasteiger partial charge in [0.1, 0.15) is 12.2 Å². The van der Waals surface area contributed by atoms with E-state index in [2.05, 4.69) is 0 Å². The number of hydrogen-bond acceptors (Lipinski definition) is 14. The minimum Gasteiger partial charge on any atom is -0.466 e. The summed E-state index contributed by atoms with van der Waals surface area (Å²) in [7, 11) is 1.21. The van der Waals surface area contributed by atoms with Crippen LogP contribution in [0.5, 0.6) is 0 Å². The smallest absolute Gasteiger partial charge is 0.331 e. The van der Waals surface area contributed by atoms with Crippen molar-refractivity contribution in [3.05, 3.63) is 59.8 Å². The predicted octanol–water partition coefficient (Wildman–Crippen LogP) is 6.16. The Hall–Kier alpha value is -3.66. The number of aliphatic hydroxyl groups excluding tert-OH is 1. The highest BCUT2D eigenvalue weighted by atomic mass is 16.7. The van der Waals surface area contributed by atoms with Crippen LogP contribution in [0.4, 0.5) is 0 Å². The fraction of sp³-hybridized carbons (Fsp3) is 0.696. The molecule has 0 aliphatic carbocycles. The minimum atomic E-state index is -2.34. The molecule has 3 fully saturated rings. The van der Waals surface area contributed by atoms with E-state index < -0.39 is 95.1 Å². The quantitative estimate of drug-likeness (QED) is 0.0828. The molecule has 0 saturated carbocycles. The Morgan fingerprint density at radius 1 is 0.983 bits per heavy atom. The summed E-state index contributed by atoms with van der Waals surface area (Å²) < 4.78 is 42.2. The van der Waals surface area contributed by atoms with Gasteiger partial charge in [0, 0.05) is 50.2 Å². The van der Waals surface area contributed by atoms with Gasteiger partial charge in [0.25, 0.3) is 0 Å². The molecule has 4 heterocycles. The molecule has 3 N–H and O–H groups in total. The zero-order valence-corrected chi connectivity index (χ0v) is 36.8. The summed E-state index contributed by atoms with van der Waals surface area (Å²) in [6, 6.07) is 0. The second kappa shape index (κ2) is 20.9. The number of allylic oxidation sites excluding steroid dienone is 4. The normalized spacial score (nSPS) is 36.3. The van der Waals surface area contributed by atoms with Crippen molar-refractivity contribution in [1.82, 2.24) is 0 Å². The summed E-state index contributed by atoms with van der Waals surface area (Å²) in [5.41, 5.74) is -1.17. The highest BCUT2D eigenvalue weighted by molar-refractivity contribution is 5.84. The van der Waals surface area contributed by atoms with E-state index in [-0.39, 0.29) is 31.3 Å². The molecule has 3 saturated heterocycles. The topological polar surface area (TPSA) is 194 Å².